The number of hydrogen-bond donors (Lipinski definition) is 1. The molecule has 2 aliphatic rings. The maximum atomic E-state index is 13.8. The lowest BCUT2D eigenvalue weighted by Crippen LogP contribution is -2.53. The SMILES string of the molecule is CN1CCC(C(=O)NCC(=O)c2ccc3cc(-c4ccc(N(CC=O)C(=O)C5CCN(C)N5C(=O)OC(C)(C)C)cc4)ccc3c2)N1C(=O)OC(C)(C)C. The molecular formula is C40H50N6O8. The summed E-state index contributed by atoms with van der Waals surface area (Å²) in [5.74, 6) is -1.08. The molecule has 2 aliphatic heterocycles. The van der Waals surface area contributed by atoms with E-state index in [2.05, 4.69) is 5.32 Å². The van der Waals surface area contributed by atoms with E-state index >= 15 is 0 Å². The van der Waals surface area contributed by atoms with Crippen LogP contribution in [0.25, 0.3) is 21.9 Å². The van der Waals surface area contributed by atoms with Gasteiger partial charge in [0.1, 0.15) is 29.6 Å². The van der Waals surface area contributed by atoms with Gasteiger partial charge in [0.25, 0.3) is 5.91 Å². The minimum absolute atomic E-state index is 0.177. The summed E-state index contributed by atoms with van der Waals surface area (Å²) in [7, 11) is 3.43. The summed E-state index contributed by atoms with van der Waals surface area (Å²) in [6.45, 7) is 11.1. The van der Waals surface area contributed by atoms with Crippen molar-refractivity contribution in [2.75, 3.05) is 45.2 Å². The highest BCUT2D eigenvalue weighted by molar-refractivity contribution is 6.03. The van der Waals surface area contributed by atoms with E-state index in [4.69, 9.17) is 9.47 Å². The van der Waals surface area contributed by atoms with Gasteiger partial charge >= 0.3 is 12.2 Å². The molecule has 2 saturated heterocycles. The average Bonchev–Trinajstić information content (AvgIpc) is 3.69. The third kappa shape index (κ3) is 9.23. The van der Waals surface area contributed by atoms with Gasteiger partial charge in [0, 0.05) is 38.4 Å². The van der Waals surface area contributed by atoms with E-state index in [1.807, 2.05) is 36.4 Å². The first-order chi connectivity index (χ1) is 25.4. The molecule has 288 valence electrons. The first-order valence-corrected chi connectivity index (χ1v) is 18.0. The van der Waals surface area contributed by atoms with Gasteiger partial charge in [-0.25, -0.2) is 29.6 Å². The Morgan fingerprint density at radius 3 is 1.83 bits per heavy atom. The van der Waals surface area contributed by atoms with E-state index in [9.17, 15) is 28.8 Å². The van der Waals surface area contributed by atoms with Crippen LogP contribution in [0.5, 0.6) is 0 Å². The second-order valence-corrected chi connectivity index (χ2v) is 15.6. The monoisotopic (exact) mass is 742 g/mol. The largest absolute Gasteiger partial charge is 0.443 e. The van der Waals surface area contributed by atoms with Gasteiger partial charge in [-0.1, -0.05) is 36.4 Å². The molecule has 0 saturated carbocycles. The van der Waals surface area contributed by atoms with Crippen molar-refractivity contribution in [3.05, 3.63) is 66.2 Å². The van der Waals surface area contributed by atoms with Crippen LogP contribution in [-0.2, 0) is 23.9 Å². The normalized spacial score (nSPS) is 18.1. The number of hydrazine groups is 2. The number of carbonyl (C=O) groups excluding carboxylic acids is 6. The first kappa shape index (κ1) is 39.9. The minimum Gasteiger partial charge on any atom is -0.443 e. The molecule has 0 aliphatic carbocycles. The van der Waals surface area contributed by atoms with Gasteiger partial charge in [-0.05, 0) is 101 Å². The van der Waals surface area contributed by atoms with Crippen LogP contribution in [-0.4, -0.2) is 120 Å². The molecule has 2 fully saturated rings. The number of rotatable bonds is 9. The molecule has 0 bridgehead atoms. The number of ketones is 1. The Morgan fingerprint density at radius 1 is 0.741 bits per heavy atom. The molecule has 2 atom stereocenters. The molecule has 2 unspecified atom stereocenters. The van der Waals surface area contributed by atoms with Crippen molar-refractivity contribution in [2.24, 2.45) is 0 Å². The van der Waals surface area contributed by atoms with Crippen LogP contribution in [0.15, 0.2) is 60.7 Å². The summed E-state index contributed by atoms with van der Waals surface area (Å²) in [5.41, 5.74) is 1.27. The molecular weight excluding hydrogens is 692 g/mol. The van der Waals surface area contributed by atoms with Gasteiger partial charge in [0.15, 0.2) is 5.78 Å². The Balaban J connectivity index is 1.25. The third-order valence-electron chi connectivity index (χ3n) is 9.15. The fraction of sp³-hybridized carbons (Fsp3) is 0.450. The predicted octanol–water partition coefficient (Wildman–Crippen LogP) is 5.05. The summed E-state index contributed by atoms with van der Waals surface area (Å²) in [4.78, 5) is 78.8. The maximum Gasteiger partial charge on any atom is 0.425 e. The molecule has 14 heteroatoms. The molecule has 14 nitrogen and oxygen atoms in total. The van der Waals surface area contributed by atoms with Gasteiger partial charge in [0.05, 0.1) is 13.1 Å². The summed E-state index contributed by atoms with van der Waals surface area (Å²) in [6, 6.07) is 16.8. The van der Waals surface area contributed by atoms with Crippen LogP contribution in [0.1, 0.15) is 64.7 Å². The zero-order valence-electron chi connectivity index (χ0n) is 32.3. The fourth-order valence-corrected chi connectivity index (χ4v) is 6.57. The van der Waals surface area contributed by atoms with Gasteiger partial charge < -0.3 is 24.5 Å². The van der Waals surface area contributed by atoms with Crippen molar-refractivity contribution in [1.29, 1.82) is 0 Å². The van der Waals surface area contributed by atoms with Crippen molar-refractivity contribution < 1.29 is 38.2 Å². The standard InChI is InChI=1S/C40H50N6O8/c1-39(2,3)53-37(51)45-32(17-19-42(45)7)35(49)41-25-34(48)30-12-11-28-23-27(9-10-29(28)24-30)26-13-15-31(16-14-26)44(21-22-47)36(50)33-18-20-43(8)46(33)38(52)54-40(4,5)6/h9-16,22-24,32-33H,17-21,25H2,1-8H3,(H,41,49). The molecule has 5 rings (SSSR count). The number of nitrogens with zero attached hydrogens (tertiary/aromatic N) is 5. The lowest BCUT2D eigenvalue weighted by molar-refractivity contribution is -0.128. The van der Waals surface area contributed by atoms with E-state index in [1.54, 1.807) is 89.9 Å². The zero-order chi connectivity index (χ0) is 39.5. The molecule has 4 amide bonds. The van der Waals surface area contributed by atoms with Crippen molar-refractivity contribution in [3.8, 4) is 11.1 Å². The van der Waals surface area contributed by atoms with E-state index in [1.165, 1.54) is 14.9 Å². The summed E-state index contributed by atoms with van der Waals surface area (Å²) in [6.07, 6.45) is 0.233. The average molecular weight is 743 g/mol. The second kappa shape index (κ2) is 15.9. The maximum absolute atomic E-state index is 13.8. The number of benzene rings is 3. The molecule has 0 spiro atoms. The van der Waals surface area contributed by atoms with Gasteiger partial charge in [0.2, 0.25) is 5.91 Å². The Labute approximate surface area is 315 Å². The number of aldehydes is 1. The van der Waals surface area contributed by atoms with Gasteiger partial charge in [-0.3, -0.25) is 14.4 Å². The lowest BCUT2D eigenvalue weighted by atomic mass is 9.98. The number of anilines is 1. The molecule has 54 heavy (non-hydrogen) atoms. The summed E-state index contributed by atoms with van der Waals surface area (Å²) in [5, 5.41) is 10.3. The Kier molecular flexibility index (Phi) is 11.8. The highest BCUT2D eigenvalue weighted by atomic mass is 16.6. The van der Waals surface area contributed by atoms with Crippen molar-refractivity contribution in [3.63, 3.8) is 0 Å². The van der Waals surface area contributed by atoms with E-state index in [0.29, 0.717) is 43.5 Å². The third-order valence-corrected chi connectivity index (χ3v) is 9.15. The van der Waals surface area contributed by atoms with E-state index in [0.717, 1.165) is 21.9 Å². The Bertz CT molecular complexity index is 1920. The summed E-state index contributed by atoms with van der Waals surface area (Å²) < 4.78 is 11.0. The number of ether oxygens (including phenoxy) is 2. The zero-order valence-corrected chi connectivity index (χ0v) is 32.3. The fourth-order valence-electron chi connectivity index (χ4n) is 6.57. The number of carbonyl (C=O) groups is 6. The lowest BCUT2D eigenvalue weighted by Gasteiger charge is -2.33. The number of Topliss-reactive ketones (excluding diaryl/α,β-unsaturated/α-hetero) is 1. The first-order valence-electron chi connectivity index (χ1n) is 18.0. The van der Waals surface area contributed by atoms with Crippen LogP contribution in [0.4, 0.5) is 15.3 Å². The Hall–Kier alpha value is -5.34. The van der Waals surface area contributed by atoms with Crippen LogP contribution in [0, 0.1) is 0 Å². The van der Waals surface area contributed by atoms with Crippen molar-refractivity contribution in [1.82, 2.24) is 25.4 Å². The number of nitrogens with one attached hydrogen (secondary N) is 1. The van der Waals surface area contributed by atoms with Gasteiger partial charge in [-0.15, -0.1) is 0 Å². The van der Waals surface area contributed by atoms with Crippen LogP contribution < -0.4 is 10.2 Å². The second-order valence-electron chi connectivity index (χ2n) is 15.6. The minimum atomic E-state index is -0.818. The molecule has 3 aromatic carbocycles. The molecule has 0 aromatic heterocycles. The molecule has 3 aromatic rings. The van der Waals surface area contributed by atoms with E-state index in [-0.39, 0.29) is 24.8 Å². The highest BCUT2D eigenvalue weighted by Crippen LogP contribution is 2.30. The summed E-state index contributed by atoms with van der Waals surface area (Å²) >= 11 is 0. The van der Waals surface area contributed by atoms with Gasteiger partial charge in [-0.2, -0.15) is 0 Å². The van der Waals surface area contributed by atoms with Crippen molar-refractivity contribution in [2.45, 2.75) is 77.7 Å². The quantitative estimate of drug-likeness (QED) is 0.233. The number of amides is 4. The topological polar surface area (TPSA) is 149 Å². The highest BCUT2D eigenvalue weighted by Gasteiger charge is 2.43. The number of fused-ring (bicyclic) bond motifs is 1. The smallest absolute Gasteiger partial charge is 0.425 e. The van der Waals surface area contributed by atoms with Crippen LogP contribution >= 0.6 is 0 Å². The van der Waals surface area contributed by atoms with Crippen LogP contribution in [0.2, 0.25) is 0 Å². The van der Waals surface area contributed by atoms with E-state index < -0.39 is 41.4 Å². The molecule has 2 heterocycles. The number of hydrogen-bond acceptors (Lipinski definition) is 10. The Morgan fingerprint density at radius 2 is 1.26 bits per heavy atom. The van der Waals surface area contributed by atoms with Crippen LogP contribution in [0.3, 0.4) is 0 Å². The van der Waals surface area contributed by atoms with Crippen molar-refractivity contribution >= 4 is 52.5 Å². The molecule has 0 radical (unpaired) electrons. The molecule has 1 N–H and O–H groups in total. The predicted molar refractivity (Wildman–Crippen MR) is 203 cm³/mol.